The average Bonchev–Trinajstić information content (AvgIpc) is 3.26. The fourth-order valence-corrected chi connectivity index (χ4v) is 3.53. The third kappa shape index (κ3) is 5.19. The van der Waals surface area contributed by atoms with Crippen molar-refractivity contribution in [3.05, 3.63) is 83.9 Å². The van der Waals surface area contributed by atoms with Gasteiger partial charge in [-0.05, 0) is 52.7 Å². The van der Waals surface area contributed by atoms with E-state index in [0.717, 1.165) is 17.4 Å². The lowest BCUT2D eigenvalue weighted by Gasteiger charge is -2.05. The third-order valence-electron chi connectivity index (χ3n) is 4.58. The largest absolute Gasteiger partial charge is 0.347 e. The summed E-state index contributed by atoms with van der Waals surface area (Å²) in [6.45, 7) is 0.682. The van der Waals surface area contributed by atoms with Gasteiger partial charge in [-0.15, -0.1) is 10.2 Å². The monoisotopic (exact) mass is 449 g/mol. The maximum absolute atomic E-state index is 12.5. The van der Waals surface area contributed by atoms with Gasteiger partial charge in [-0.1, -0.05) is 12.1 Å². The molecule has 0 radical (unpaired) electrons. The first-order valence-electron chi connectivity index (χ1n) is 9.59. The Hall–Kier alpha value is -3.99. The number of nitrogens with one attached hydrogen (secondary N) is 1. The molecule has 4 aromatic rings. The Morgan fingerprint density at radius 2 is 1.75 bits per heavy atom. The lowest BCUT2D eigenvalue weighted by molar-refractivity contribution is 0.0946. The molecular formula is C21H19N7O3S. The van der Waals surface area contributed by atoms with E-state index >= 15 is 0 Å². The molecule has 3 heterocycles. The van der Waals surface area contributed by atoms with Gasteiger partial charge >= 0.3 is 0 Å². The third-order valence-corrected chi connectivity index (χ3v) is 5.71. The molecule has 1 N–H and O–H groups in total. The van der Waals surface area contributed by atoms with Gasteiger partial charge in [-0.25, -0.2) is 8.42 Å². The van der Waals surface area contributed by atoms with Gasteiger partial charge in [0.2, 0.25) is 5.82 Å². The van der Waals surface area contributed by atoms with Crippen molar-refractivity contribution in [1.29, 1.82) is 0 Å². The second-order valence-corrected chi connectivity index (χ2v) is 9.04. The molecule has 1 aromatic carbocycles. The zero-order valence-electron chi connectivity index (χ0n) is 17.1. The van der Waals surface area contributed by atoms with Gasteiger partial charge in [0.15, 0.2) is 9.84 Å². The predicted molar refractivity (Wildman–Crippen MR) is 115 cm³/mol. The number of rotatable bonds is 7. The van der Waals surface area contributed by atoms with Crippen LogP contribution in [-0.2, 0) is 22.9 Å². The van der Waals surface area contributed by atoms with Crippen LogP contribution in [0.2, 0.25) is 0 Å². The molecule has 0 aliphatic rings. The Bertz CT molecular complexity index is 1340. The second kappa shape index (κ2) is 9.02. The number of aromatic nitrogens is 6. The Morgan fingerprint density at radius 3 is 2.47 bits per heavy atom. The number of pyridine rings is 2. The lowest BCUT2D eigenvalue weighted by Crippen LogP contribution is -2.23. The zero-order valence-corrected chi connectivity index (χ0v) is 17.9. The first-order chi connectivity index (χ1) is 15.4. The van der Waals surface area contributed by atoms with Crippen molar-refractivity contribution < 1.29 is 13.2 Å². The standard InChI is InChI=1S/C21H19N7O3S/c1-32(30,31)18-4-2-16(3-5-18)14-28-26-20(25-27-28)17-8-11-23-19(12-17)21(29)24-13-15-6-9-22-10-7-15/h2-12H,13-14H2,1H3,(H,24,29). The molecule has 10 nitrogen and oxygen atoms in total. The van der Waals surface area contributed by atoms with Crippen LogP contribution < -0.4 is 5.32 Å². The van der Waals surface area contributed by atoms with E-state index in [9.17, 15) is 13.2 Å². The molecule has 0 unspecified atom stereocenters. The molecule has 1 amide bonds. The van der Waals surface area contributed by atoms with E-state index < -0.39 is 9.84 Å². The van der Waals surface area contributed by atoms with E-state index in [-0.39, 0.29) is 16.5 Å². The molecule has 162 valence electrons. The van der Waals surface area contributed by atoms with Crippen LogP contribution in [0.3, 0.4) is 0 Å². The summed E-state index contributed by atoms with van der Waals surface area (Å²) in [6, 6.07) is 13.4. The van der Waals surface area contributed by atoms with Crippen LogP contribution in [0.15, 0.2) is 72.0 Å². The highest BCUT2D eigenvalue weighted by Crippen LogP contribution is 2.15. The predicted octanol–water partition coefficient (Wildman–Crippen LogP) is 1.51. The molecule has 3 aromatic heterocycles. The van der Waals surface area contributed by atoms with Crippen LogP contribution in [0, 0.1) is 0 Å². The Balaban J connectivity index is 1.44. The van der Waals surface area contributed by atoms with Crippen molar-refractivity contribution in [3.8, 4) is 11.4 Å². The van der Waals surface area contributed by atoms with Gasteiger partial charge in [0.25, 0.3) is 5.91 Å². The quantitative estimate of drug-likeness (QED) is 0.449. The summed E-state index contributed by atoms with van der Waals surface area (Å²) < 4.78 is 23.2. The minimum Gasteiger partial charge on any atom is -0.347 e. The molecule has 0 aliphatic carbocycles. The molecular weight excluding hydrogens is 430 g/mol. The highest BCUT2D eigenvalue weighted by atomic mass is 32.2. The molecule has 0 fully saturated rings. The van der Waals surface area contributed by atoms with Gasteiger partial charge in [0, 0.05) is 37.0 Å². The summed E-state index contributed by atoms with van der Waals surface area (Å²) in [4.78, 5) is 22.2. The molecule has 0 spiro atoms. The zero-order chi connectivity index (χ0) is 22.6. The number of amides is 1. The maximum atomic E-state index is 12.5. The van der Waals surface area contributed by atoms with E-state index in [4.69, 9.17) is 0 Å². The Labute approximate surface area is 184 Å². The minimum absolute atomic E-state index is 0.240. The number of tetrazole rings is 1. The highest BCUT2D eigenvalue weighted by molar-refractivity contribution is 7.90. The number of nitrogens with zero attached hydrogens (tertiary/aromatic N) is 6. The van der Waals surface area contributed by atoms with Crippen LogP contribution in [0.1, 0.15) is 21.6 Å². The van der Waals surface area contributed by atoms with Crippen LogP contribution >= 0.6 is 0 Å². The number of carbonyl (C=O) groups excluding carboxylic acids is 1. The summed E-state index contributed by atoms with van der Waals surface area (Å²) >= 11 is 0. The van der Waals surface area contributed by atoms with E-state index in [1.165, 1.54) is 11.0 Å². The smallest absolute Gasteiger partial charge is 0.270 e. The molecule has 4 rings (SSSR count). The van der Waals surface area contributed by atoms with E-state index in [0.29, 0.717) is 24.5 Å². The summed E-state index contributed by atoms with van der Waals surface area (Å²) in [6.07, 6.45) is 6.00. The summed E-state index contributed by atoms with van der Waals surface area (Å²) in [7, 11) is -3.25. The number of sulfone groups is 1. The van der Waals surface area contributed by atoms with Crippen molar-refractivity contribution in [2.24, 2.45) is 0 Å². The van der Waals surface area contributed by atoms with Gasteiger partial charge in [0.1, 0.15) is 5.69 Å². The number of benzene rings is 1. The summed E-state index contributed by atoms with van der Waals surface area (Å²) in [5.41, 5.74) is 2.60. The molecule has 0 saturated carbocycles. The second-order valence-electron chi connectivity index (χ2n) is 7.03. The van der Waals surface area contributed by atoms with Crippen molar-refractivity contribution in [2.75, 3.05) is 6.26 Å². The minimum atomic E-state index is -3.25. The molecule has 11 heteroatoms. The topological polar surface area (TPSA) is 133 Å². The van der Waals surface area contributed by atoms with Gasteiger partial charge < -0.3 is 5.32 Å². The first-order valence-corrected chi connectivity index (χ1v) is 11.5. The Kier molecular flexibility index (Phi) is 5.99. The lowest BCUT2D eigenvalue weighted by atomic mass is 10.2. The van der Waals surface area contributed by atoms with Crippen LogP contribution in [0.4, 0.5) is 0 Å². The fraction of sp³-hybridized carbons (Fsp3) is 0.143. The normalized spacial score (nSPS) is 11.3. The van der Waals surface area contributed by atoms with Gasteiger partial charge in [-0.2, -0.15) is 4.80 Å². The van der Waals surface area contributed by atoms with Crippen molar-refractivity contribution in [2.45, 2.75) is 18.0 Å². The van der Waals surface area contributed by atoms with E-state index in [1.54, 1.807) is 48.8 Å². The molecule has 0 aliphatic heterocycles. The number of hydrogen-bond donors (Lipinski definition) is 1. The first kappa shape index (κ1) is 21.2. The maximum Gasteiger partial charge on any atom is 0.270 e. The molecule has 0 bridgehead atoms. The molecule has 0 saturated heterocycles. The molecule has 32 heavy (non-hydrogen) atoms. The van der Waals surface area contributed by atoms with E-state index in [1.807, 2.05) is 12.1 Å². The van der Waals surface area contributed by atoms with E-state index in [2.05, 4.69) is 30.7 Å². The van der Waals surface area contributed by atoms with Crippen molar-refractivity contribution >= 4 is 15.7 Å². The van der Waals surface area contributed by atoms with Crippen molar-refractivity contribution in [1.82, 2.24) is 35.5 Å². The number of carbonyl (C=O) groups is 1. The van der Waals surface area contributed by atoms with Crippen LogP contribution in [0.25, 0.3) is 11.4 Å². The van der Waals surface area contributed by atoms with Gasteiger partial charge in [-0.3, -0.25) is 14.8 Å². The summed E-state index contributed by atoms with van der Waals surface area (Å²) in [5.74, 6) is 0.0327. The van der Waals surface area contributed by atoms with Gasteiger partial charge in [0.05, 0.1) is 11.4 Å². The highest BCUT2D eigenvalue weighted by Gasteiger charge is 2.12. The molecule has 0 atom stereocenters. The number of hydrogen-bond acceptors (Lipinski definition) is 8. The van der Waals surface area contributed by atoms with Crippen LogP contribution in [0.5, 0.6) is 0 Å². The fourth-order valence-electron chi connectivity index (χ4n) is 2.90. The van der Waals surface area contributed by atoms with Crippen LogP contribution in [-0.4, -0.2) is 50.8 Å². The average molecular weight is 449 g/mol. The Morgan fingerprint density at radius 1 is 1.00 bits per heavy atom. The SMILES string of the molecule is CS(=O)(=O)c1ccc(Cn2nnc(-c3ccnc(C(=O)NCc4ccncc4)c3)n2)cc1. The summed E-state index contributed by atoms with van der Waals surface area (Å²) in [5, 5.41) is 15.3. The van der Waals surface area contributed by atoms with Crippen molar-refractivity contribution in [3.63, 3.8) is 0 Å².